The molecule has 0 saturated heterocycles. The van der Waals surface area contributed by atoms with Crippen LogP contribution in [0.15, 0.2) is 24.4 Å². The maximum atomic E-state index is 10.5. The van der Waals surface area contributed by atoms with E-state index in [-0.39, 0.29) is 27.2 Å². The Balaban J connectivity index is -0.000000113. The Morgan fingerprint density at radius 1 is 0.957 bits per heavy atom. The number of carbonyl (C=O) groups is 2. The van der Waals surface area contributed by atoms with Crippen LogP contribution in [0.3, 0.4) is 0 Å². The van der Waals surface area contributed by atoms with Gasteiger partial charge < -0.3 is 26.0 Å². The van der Waals surface area contributed by atoms with Gasteiger partial charge in [0.1, 0.15) is 11.9 Å². The SMILES string of the molecule is Cc1ccccn1.N.O=C([O-])C(F)(F)F.O=C([O-])C(F)(F)F.[Pt+2]. The van der Waals surface area contributed by atoms with Crippen molar-refractivity contribution < 1.29 is 67.2 Å². The number of carboxylic acids is 2. The fourth-order valence-corrected chi connectivity index (χ4v) is 0.448. The first-order valence-corrected chi connectivity index (χ1v) is 4.72. The number of nitrogens with zero attached hydrogens (tertiary/aromatic N) is 1. The van der Waals surface area contributed by atoms with Crippen LogP contribution in [0.25, 0.3) is 0 Å². The summed E-state index contributed by atoms with van der Waals surface area (Å²) in [6.45, 7) is 1.97. The summed E-state index contributed by atoms with van der Waals surface area (Å²) in [6.07, 6.45) is -8.60. The number of alkyl halides is 6. The van der Waals surface area contributed by atoms with Crippen LogP contribution in [0, 0.1) is 6.92 Å². The Kier molecular flexibility index (Phi) is 16.4. The van der Waals surface area contributed by atoms with E-state index in [9.17, 15) is 26.3 Å². The predicted octanol–water partition coefficient (Wildman–Crippen LogP) is 0.147. The Labute approximate surface area is 140 Å². The first-order valence-electron chi connectivity index (χ1n) is 4.72. The number of aliphatic carboxylic acids is 2. The Hall–Kier alpha value is -1.68. The van der Waals surface area contributed by atoms with E-state index in [1.165, 1.54) is 0 Å². The number of rotatable bonds is 0. The molecule has 0 aliphatic carbocycles. The minimum absolute atomic E-state index is 0. The molecule has 0 atom stereocenters. The first kappa shape index (κ1) is 29.3. The molecule has 0 unspecified atom stereocenters. The fraction of sp³-hybridized carbons (Fsp3) is 0.300. The van der Waals surface area contributed by atoms with Crippen LogP contribution in [0.1, 0.15) is 5.69 Å². The van der Waals surface area contributed by atoms with Crippen molar-refractivity contribution >= 4 is 11.9 Å². The van der Waals surface area contributed by atoms with Gasteiger partial charge in [0, 0.05) is 11.9 Å². The van der Waals surface area contributed by atoms with Crippen LogP contribution in [-0.2, 0) is 30.7 Å². The molecule has 0 aliphatic rings. The molecule has 1 heterocycles. The Morgan fingerprint density at radius 3 is 1.35 bits per heavy atom. The summed E-state index contributed by atoms with van der Waals surface area (Å²) < 4.78 is 63.1. The van der Waals surface area contributed by atoms with E-state index in [0.29, 0.717) is 0 Å². The zero-order valence-corrected chi connectivity index (χ0v) is 13.5. The van der Waals surface area contributed by atoms with E-state index >= 15 is 0 Å². The molecule has 1 rings (SSSR count). The number of hydrogen-bond acceptors (Lipinski definition) is 6. The second kappa shape index (κ2) is 12.8. The second-order valence-electron chi connectivity index (χ2n) is 3.04. The number of carboxylic acid groups (broad SMARTS) is 2. The fourth-order valence-electron chi connectivity index (χ4n) is 0.448. The summed E-state index contributed by atoms with van der Waals surface area (Å²) in [5.74, 6) is -6.01. The van der Waals surface area contributed by atoms with Crippen LogP contribution in [-0.4, -0.2) is 29.3 Å². The average molecular weight is 531 g/mol. The van der Waals surface area contributed by atoms with Gasteiger partial charge in [0.25, 0.3) is 0 Å². The Bertz CT molecular complexity index is 429. The number of hydrogen-bond donors (Lipinski definition) is 1. The van der Waals surface area contributed by atoms with E-state index in [1.54, 1.807) is 6.20 Å². The third-order valence-electron chi connectivity index (χ3n) is 1.28. The van der Waals surface area contributed by atoms with Gasteiger partial charge in [0.15, 0.2) is 0 Å². The summed E-state index contributed by atoms with van der Waals surface area (Å²) in [5, 5.41) is 17.6. The molecule has 0 spiro atoms. The van der Waals surface area contributed by atoms with Crippen molar-refractivity contribution in [3.05, 3.63) is 30.1 Å². The zero-order chi connectivity index (χ0) is 17.3. The quantitative estimate of drug-likeness (QED) is 0.475. The van der Waals surface area contributed by atoms with Crippen molar-refractivity contribution in [1.82, 2.24) is 11.1 Å². The van der Waals surface area contributed by atoms with Crippen molar-refractivity contribution in [2.75, 3.05) is 0 Å². The molecule has 0 saturated carbocycles. The van der Waals surface area contributed by atoms with E-state index in [2.05, 4.69) is 4.98 Å². The smallest absolute Gasteiger partial charge is 0.542 e. The van der Waals surface area contributed by atoms with Gasteiger partial charge in [-0.3, -0.25) is 4.98 Å². The number of aromatic nitrogens is 1. The summed E-state index contributed by atoms with van der Waals surface area (Å²) in [4.78, 5) is 21.5. The molecule has 1 aromatic heterocycles. The standard InChI is InChI=1S/C6H7N.2C2HF3O2.H3N.Pt/c1-6-4-2-3-5-7-6;2*3-2(4,5)1(6)7;;/h2-5H,1H3;2*(H,6,7);1H3;/q;;;;+2/p-2. The van der Waals surface area contributed by atoms with Crippen LogP contribution >= 0.6 is 0 Å². The maximum absolute atomic E-state index is 10.5. The normalized spacial score (nSPS) is 9.52. The average Bonchev–Trinajstić information content (AvgIpc) is 2.28. The number of aryl methyl sites for hydroxylation is 1. The van der Waals surface area contributed by atoms with E-state index in [4.69, 9.17) is 19.8 Å². The predicted molar refractivity (Wildman–Crippen MR) is 56.1 cm³/mol. The van der Waals surface area contributed by atoms with Crippen LogP contribution in [0.2, 0.25) is 0 Å². The van der Waals surface area contributed by atoms with Gasteiger partial charge in [0.2, 0.25) is 0 Å². The van der Waals surface area contributed by atoms with Gasteiger partial charge in [0.05, 0.1) is 0 Å². The summed E-state index contributed by atoms with van der Waals surface area (Å²) in [7, 11) is 0. The largest absolute Gasteiger partial charge is 2.00 e. The van der Waals surface area contributed by atoms with Crippen molar-refractivity contribution in [2.24, 2.45) is 0 Å². The van der Waals surface area contributed by atoms with Gasteiger partial charge >= 0.3 is 33.4 Å². The van der Waals surface area contributed by atoms with Crippen molar-refractivity contribution in [3.63, 3.8) is 0 Å². The topological polar surface area (TPSA) is 128 Å². The molecule has 0 fully saturated rings. The van der Waals surface area contributed by atoms with E-state index < -0.39 is 24.3 Å². The van der Waals surface area contributed by atoms with Gasteiger partial charge in [-0.15, -0.1) is 0 Å². The number of pyridine rings is 1. The molecule has 0 bridgehead atoms. The third kappa shape index (κ3) is 20.3. The molecule has 0 amide bonds. The molecule has 6 nitrogen and oxygen atoms in total. The number of carbonyl (C=O) groups excluding carboxylic acids is 2. The molecule has 1 aromatic rings. The summed E-state index contributed by atoms with van der Waals surface area (Å²) >= 11 is 0. The number of halogens is 6. The summed E-state index contributed by atoms with van der Waals surface area (Å²) in [5.41, 5.74) is 1.07. The molecule has 13 heteroatoms. The second-order valence-corrected chi connectivity index (χ2v) is 3.04. The van der Waals surface area contributed by atoms with Gasteiger partial charge in [-0.1, -0.05) is 6.07 Å². The van der Waals surface area contributed by atoms with Crippen LogP contribution in [0.4, 0.5) is 26.3 Å². The molecule has 0 aromatic carbocycles. The minimum atomic E-state index is -5.19. The molecule has 23 heavy (non-hydrogen) atoms. The molecular formula is C10H10F6N2O4Pt. The monoisotopic (exact) mass is 531 g/mol. The van der Waals surface area contributed by atoms with Crippen LogP contribution in [0.5, 0.6) is 0 Å². The Morgan fingerprint density at radius 2 is 1.26 bits per heavy atom. The van der Waals surface area contributed by atoms with E-state index in [1.807, 2.05) is 25.1 Å². The van der Waals surface area contributed by atoms with Crippen LogP contribution < -0.4 is 16.4 Å². The molecule has 136 valence electrons. The molecule has 3 N–H and O–H groups in total. The van der Waals surface area contributed by atoms with Gasteiger partial charge in [-0.05, 0) is 19.1 Å². The maximum Gasteiger partial charge on any atom is 2.00 e. The van der Waals surface area contributed by atoms with E-state index in [0.717, 1.165) is 5.69 Å². The third-order valence-corrected chi connectivity index (χ3v) is 1.28. The van der Waals surface area contributed by atoms with Crippen molar-refractivity contribution in [2.45, 2.75) is 19.3 Å². The molecular weight excluding hydrogens is 521 g/mol. The zero-order valence-electron chi connectivity index (χ0n) is 11.2. The summed E-state index contributed by atoms with van der Waals surface area (Å²) in [6, 6.07) is 5.86. The van der Waals surface area contributed by atoms with Crippen molar-refractivity contribution in [1.29, 1.82) is 0 Å². The molecule has 0 aliphatic heterocycles. The first-order chi connectivity index (χ1) is 9.28. The van der Waals surface area contributed by atoms with Crippen molar-refractivity contribution in [3.8, 4) is 0 Å². The van der Waals surface area contributed by atoms with Gasteiger partial charge in [-0.25, -0.2) is 0 Å². The molecule has 0 radical (unpaired) electrons. The van der Waals surface area contributed by atoms with Gasteiger partial charge in [-0.2, -0.15) is 26.3 Å². The minimum Gasteiger partial charge on any atom is -0.542 e.